The lowest BCUT2D eigenvalue weighted by molar-refractivity contribution is -0.139. The van der Waals surface area contributed by atoms with Crippen molar-refractivity contribution in [2.45, 2.75) is 71.9 Å². The van der Waals surface area contributed by atoms with Crippen LogP contribution in [0.2, 0.25) is 0 Å². The number of rotatable bonds is 3. The summed E-state index contributed by atoms with van der Waals surface area (Å²) in [6, 6.07) is 0.201. The fraction of sp³-hybridized carbons (Fsp3) is 0.889. The largest absolute Gasteiger partial charge is 0.344 e. The molecule has 2 heterocycles. The molecule has 0 aromatic carbocycles. The molecule has 1 N–H and O–H groups in total. The van der Waals surface area contributed by atoms with E-state index >= 15 is 0 Å². The van der Waals surface area contributed by atoms with Gasteiger partial charge in [0.15, 0.2) is 0 Å². The SMILES string of the molecule is CC(NC(=O)C(C)(C)C)C(=O)N1CCC(N2CCCCC2)CC1. The van der Waals surface area contributed by atoms with Gasteiger partial charge >= 0.3 is 0 Å². The Morgan fingerprint density at radius 2 is 1.57 bits per heavy atom. The van der Waals surface area contributed by atoms with Crippen LogP contribution in [0.1, 0.15) is 59.8 Å². The molecule has 5 heteroatoms. The normalized spacial score (nSPS) is 22.7. The topological polar surface area (TPSA) is 52.7 Å². The quantitative estimate of drug-likeness (QED) is 0.864. The predicted molar refractivity (Wildman–Crippen MR) is 92.1 cm³/mol. The molecule has 2 rings (SSSR count). The molecule has 2 amide bonds. The number of hydrogen-bond donors (Lipinski definition) is 1. The highest BCUT2D eigenvalue weighted by atomic mass is 16.2. The van der Waals surface area contributed by atoms with Crippen molar-refractivity contribution in [2.24, 2.45) is 5.41 Å². The second-order valence-electron chi connectivity index (χ2n) is 8.10. The number of carbonyl (C=O) groups excluding carboxylic acids is 2. The zero-order valence-corrected chi connectivity index (χ0v) is 15.2. The maximum Gasteiger partial charge on any atom is 0.244 e. The summed E-state index contributed by atoms with van der Waals surface area (Å²) in [6.45, 7) is 11.5. The highest BCUT2D eigenvalue weighted by Crippen LogP contribution is 2.21. The minimum absolute atomic E-state index is 0.0553. The van der Waals surface area contributed by atoms with Crippen LogP contribution in [-0.4, -0.2) is 59.9 Å². The number of amides is 2. The molecule has 0 bridgehead atoms. The fourth-order valence-corrected chi connectivity index (χ4v) is 3.48. The lowest BCUT2D eigenvalue weighted by Gasteiger charge is -2.40. The lowest BCUT2D eigenvalue weighted by atomic mass is 9.95. The van der Waals surface area contributed by atoms with Gasteiger partial charge < -0.3 is 15.1 Å². The van der Waals surface area contributed by atoms with Gasteiger partial charge in [-0.2, -0.15) is 0 Å². The minimum atomic E-state index is -0.463. The Morgan fingerprint density at radius 1 is 1.00 bits per heavy atom. The Kier molecular flexibility index (Phi) is 6.06. The van der Waals surface area contributed by atoms with Crippen molar-refractivity contribution in [3.05, 3.63) is 0 Å². The second kappa shape index (κ2) is 7.65. The molecule has 23 heavy (non-hydrogen) atoms. The van der Waals surface area contributed by atoms with E-state index in [0.29, 0.717) is 6.04 Å². The van der Waals surface area contributed by atoms with Crippen LogP contribution in [-0.2, 0) is 9.59 Å². The molecule has 0 aliphatic carbocycles. The van der Waals surface area contributed by atoms with E-state index in [-0.39, 0.29) is 11.8 Å². The van der Waals surface area contributed by atoms with Gasteiger partial charge in [0.05, 0.1) is 0 Å². The highest BCUT2D eigenvalue weighted by Gasteiger charge is 2.31. The molecule has 1 unspecified atom stereocenters. The first-order chi connectivity index (χ1) is 10.8. The summed E-state index contributed by atoms with van der Waals surface area (Å²) >= 11 is 0. The van der Waals surface area contributed by atoms with Crippen LogP contribution in [0.3, 0.4) is 0 Å². The van der Waals surface area contributed by atoms with Crippen LogP contribution >= 0.6 is 0 Å². The van der Waals surface area contributed by atoms with Crippen LogP contribution in [0.4, 0.5) is 0 Å². The zero-order valence-electron chi connectivity index (χ0n) is 15.2. The Labute approximate surface area is 140 Å². The molecular formula is C18H33N3O2. The molecule has 0 saturated carbocycles. The molecule has 5 nitrogen and oxygen atoms in total. The van der Waals surface area contributed by atoms with E-state index in [0.717, 1.165) is 25.9 Å². The average molecular weight is 323 g/mol. The summed E-state index contributed by atoms with van der Waals surface area (Å²) in [5.41, 5.74) is -0.463. The van der Waals surface area contributed by atoms with E-state index in [9.17, 15) is 9.59 Å². The van der Waals surface area contributed by atoms with Crippen LogP contribution in [0, 0.1) is 5.41 Å². The molecule has 2 saturated heterocycles. The van der Waals surface area contributed by atoms with E-state index < -0.39 is 11.5 Å². The van der Waals surface area contributed by atoms with Crippen molar-refractivity contribution in [3.63, 3.8) is 0 Å². The van der Waals surface area contributed by atoms with Crippen LogP contribution < -0.4 is 5.32 Å². The second-order valence-corrected chi connectivity index (χ2v) is 8.10. The van der Waals surface area contributed by atoms with E-state index in [1.807, 2.05) is 25.7 Å². The third-order valence-electron chi connectivity index (χ3n) is 5.08. The van der Waals surface area contributed by atoms with Gasteiger partial charge in [-0.15, -0.1) is 0 Å². The van der Waals surface area contributed by atoms with Crippen molar-refractivity contribution >= 4 is 11.8 Å². The Balaban J connectivity index is 1.79. The van der Waals surface area contributed by atoms with Gasteiger partial charge in [-0.25, -0.2) is 0 Å². The smallest absolute Gasteiger partial charge is 0.244 e. The molecule has 0 aromatic rings. The van der Waals surface area contributed by atoms with Crippen molar-refractivity contribution in [2.75, 3.05) is 26.2 Å². The van der Waals surface area contributed by atoms with Gasteiger partial charge in [0.25, 0.3) is 0 Å². The first-order valence-electron chi connectivity index (χ1n) is 9.13. The standard InChI is InChI=1S/C18H33N3O2/c1-14(19-17(23)18(2,3)4)16(22)21-12-8-15(9-13-21)20-10-6-5-7-11-20/h14-15H,5-13H2,1-4H3,(H,19,23). The van der Waals surface area contributed by atoms with E-state index in [1.54, 1.807) is 6.92 Å². The molecule has 2 aliphatic heterocycles. The first kappa shape index (κ1) is 18.2. The van der Waals surface area contributed by atoms with E-state index in [2.05, 4.69) is 10.2 Å². The molecule has 2 fully saturated rings. The predicted octanol–water partition coefficient (Wildman–Crippen LogP) is 2.01. The average Bonchev–Trinajstić information content (AvgIpc) is 2.54. The Morgan fingerprint density at radius 3 is 2.09 bits per heavy atom. The van der Waals surface area contributed by atoms with Crippen LogP contribution in [0.5, 0.6) is 0 Å². The molecule has 132 valence electrons. The number of piperidine rings is 2. The molecule has 2 aliphatic rings. The Bertz CT molecular complexity index is 416. The minimum Gasteiger partial charge on any atom is -0.344 e. The Hall–Kier alpha value is -1.10. The fourth-order valence-electron chi connectivity index (χ4n) is 3.48. The summed E-state index contributed by atoms with van der Waals surface area (Å²) in [4.78, 5) is 29.1. The molecule has 0 aromatic heterocycles. The first-order valence-corrected chi connectivity index (χ1v) is 9.13. The summed E-state index contributed by atoms with van der Waals surface area (Å²) in [5.74, 6) is -0.0127. The number of nitrogens with zero attached hydrogens (tertiary/aromatic N) is 2. The number of nitrogens with one attached hydrogen (secondary N) is 1. The number of likely N-dealkylation sites (tertiary alicyclic amines) is 2. The summed E-state index contributed by atoms with van der Waals surface area (Å²) in [6.07, 6.45) is 6.11. The van der Waals surface area contributed by atoms with Gasteiger partial charge in [-0.3, -0.25) is 9.59 Å². The van der Waals surface area contributed by atoms with Crippen LogP contribution in [0.15, 0.2) is 0 Å². The van der Waals surface area contributed by atoms with Gasteiger partial charge in [0.1, 0.15) is 6.04 Å². The maximum atomic E-state index is 12.5. The molecule has 1 atom stereocenters. The van der Waals surface area contributed by atoms with Crippen molar-refractivity contribution < 1.29 is 9.59 Å². The number of carbonyl (C=O) groups is 2. The summed E-state index contributed by atoms with van der Waals surface area (Å²) < 4.78 is 0. The number of hydrogen-bond acceptors (Lipinski definition) is 3. The van der Waals surface area contributed by atoms with Crippen LogP contribution in [0.25, 0.3) is 0 Å². The van der Waals surface area contributed by atoms with Crippen molar-refractivity contribution in [3.8, 4) is 0 Å². The highest BCUT2D eigenvalue weighted by molar-refractivity contribution is 5.89. The molecule has 0 spiro atoms. The van der Waals surface area contributed by atoms with Crippen molar-refractivity contribution in [1.29, 1.82) is 0 Å². The monoisotopic (exact) mass is 323 g/mol. The lowest BCUT2D eigenvalue weighted by Crippen LogP contribution is -2.53. The third kappa shape index (κ3) is 4.93. The zero-order chi connectivity index (χ0) is 17.0. The van der Waals surface area contributed by atoms with Gasteiger partial charge in [-0.05, 0) is 45.7 Å². The van der Waals surface area contributed by atoms with Gasteiger partial charge in [0.2, 0.25) is 11.8 Å². The van der Waals surface area contributed by atoms with E-state index in [4.69, 9.17) is 0 Å². The summed E-state index contributed by atoms with van der Waals surface area (Å²) in [7, 11) is 0. The molecule has 0 radical (unpaired) electrons. The van der Waals surface area contributed by atoms with Gasteiger partial charge in [-0.1, -0.05) is 27.2 Å². The van der Waals surface area contributed by atoms with Crippen molar-refractivity contribution in [1.82, 2.24) is 15.1 Å². The molecular weight excluding hydrogens is 290 g/mol. The summed E-state index contributed by atoms with van der Waals surface area (Å²) in [5, 5.41) is 2.85. The van der Waals surface area contributed by atoms with E-state index in [1.165, 1.54) is 32.4 Å². The maximum absolute atomic E-state index is 12.5. The third-order valence-corrected chi connectivity index (χ3v) is 5.08. The van der Waals surface area contributed by atoms with Gasteiger partial charge in [0, 0.05) is 24.5 Å².